The number of fused-ring (bicyclic) bond motifs is 2. The zero-order valence-electron chi connectivity index (χ0n) is 11.5. The van der Waals surface area contributed by atoms with E-state index < -0.39 is 5.54 Å². The summed E-state index contributed by atoms with van der Waals surface area (Å²) in [6.45, 7) is 1.97. The Labute approximate surface area is 115 Å². The van der Waals surface area contributed by atoms with Crippen LogP contribution < -0.4 is 5.32 Å². The van der Waals surface area contributed by atoms with Gasteiger partial charge in [-0.1, -0.05) is 30.3 Å². The summed E-state index contributed by atoms with van der Waals surface area (Å²) in [6.07, 6.45) is 4.02. The van der Waals surface area contributed by atoms with Crippen LogP contribution in [0, 0.1) is 17.2 Å². The maximum Gasteiger partial charge on any atom is 0.144 e. The summed E-state index contributed by atoms with van der Waals surface area (Å²) >= 11 is 0. The van der Waals surface area contributed by atoms with Gasteiger partial charge in [0.05, 0.1) is 6.07 Å². The standard InChI is InChI=1S/C16H21N3/c1-18-16(11-17,14-5-3-2-4-6-14)12-19-10-13-7-8-15(19)9-13/h2-6,13,15,18H,7-10,12H2,1H3. The predicted octanol–water partition coefficient (Wildman–Crippen LogP) is 2.11. The highest BCUT2D eigenvalue weighted by atomic mass is 15.2. The van der Waals surface area contributed by atoms with Crippen molar-refractivity contribution < 1.29 is 0 Å². The first kappa shape index (κ1) is 12.7. The number of hydrogen-bond donors (Lipinski definition) is 1. The quantitative estimate of drug-likeness (QED) is 0.895. The van der Waals surface area contributed by atoms with Crippen molar-refractivity contribution in [3.05, 3.63) is 35.9 Å². The molecule has 3 heteroatoms. The van der Waals surface area contributed by atoms with E-state index in [1.807, 2.05) is 37.4 Å². The van der Waals surface area contributed by atoms with Gasteiger partial charge in [0.1, 0.15) is 5.54 Å². The number of likely N-dealkylation sites (N-methyl/N-ethyl adjacent to an activating group) is 1. The van der Waals surface area contributed by atoms with Gasteiger partial charge >= 0.3 is 0 Å². The Bertz CT molecular complexity index is 479. The molecule has 2 bridgehead atoms. The first-order chi connectivity index (χ1) is 9.27. The van der Waals surface area contributed by atoms with Crippen LogP contribution in [0.4, 0.5) is 0 Å². The van der Waals surface area contributed by atoms with Gasteiger partial charge < -0.3 is 0 Å². The zero-order valence-corrected chi connectivity index (χ0v) is 11.5. The van der Waals surface area contributed by atoms with Crippen molar-refractivity contribution in [1.29, 1.82) is 5.26 Å². The molecule has 0 amide bonds. The Morgan fingerprint density at radius 2 is 2.16 bits per heavy atom. The number of piperidine rings is 1. The Balaban J connectivity index is 1.84. The molecule has 100 valence electrons. The Kier molecular flexibility index (Phi) is 3.30. The van der Waals surface area contributed by atoms with E-state index in [0.29, 0.717) is 6.04 Å². The maximum absolute atomic E-state index is 9.72. The molecular weight excluding hydrogens is 234 g/mol. The summed E-state index contributed by atoms with van der Waals surface area (Å²) in [4.78, 5) is 2.51. The average Bonchev–Trinajstić information content (AvgIpc) is 3.08. The number of likely N-dealkylation sites (tertiary alicyclic amines) is 1. The third-order valence-corrected chi connectivity index (χ3v) is 4.85. The molecule has 1 N–H and O–H groups in total. The first-order valence-electron chi connectivity index (χ1n) is 7.17. The number of nitriles is 1. The van der Waals surface area contributed by atoms with Gasteiger partial charge in [-0.2, -0.15) is 5.26 Å². The van der Waals surface area contributed by atoms with Crippen molar-refractivity contribution in [2.45, 2.75) is 30.8 Å². The summed E-state index contributed by atoms with van der Waals surface area (Å²) in [7, 11) is 1.89. The van der Waals surface area contributed by atoms with Crippen LogP contribution in [0.5, 0.6) is 0 Å². The van der Waals surface area contributed by atoms with Crippen LogP contribution >= 0.6 is 0 Å². The summed E-state index contributed by atoms with van der Waals surface area (Å²) in [6, 6.07) is 13.3. The summed E-state index contributed by atoms with van der Waals surface area (Å²) < 4.78 is 0. The molecule has 1 aromatic rings. The molecule has 1 aliphatic carbocycles. The normalized spacial score (nSPS) is 29.1. The van der Waals surface area contributed by atoms with Gasteiger partial charge in [0, 0.05) is 19.1 Å². The highest BCUT2D eigenvalue weighted by molar-refractivity contribution is 5.32. The lowest BCUT2D eigenvalue weighted by Crippen LogP contribution is -2.50. The van der Waals surface area contributed by atoms with Crippen molar-refractivity contribution in [2.75, 3.05) is 20.1 Å². The molecular formula is C16H21N3. The van der Waals surface area contributed by atoms with E-state index in [0.717, 1.165) is 18.0 Å². The highest BCUT2D eigenvalue weighted by Crippen LogP contribution is 2.39. The number of nitrogens with one attached hydrogen (secondary N) is 1. The monoisotopic (exact) mass is 255 g/mol. The minimum Gasteiger partial charge on any atom is -0.298 e. The number of benzene rings is 1. The second kappa shape index (κ2) is 4.96. The van der Waals surface area contributed by atoms with Gasteiger partial charge in [-0.25, -0.2) is 0 Å². The fraction of sp³-hybridized carbons (Fsp3) is 0.562. The largest absolute Gasteiger partial charge is 0.298 e. The summed E-state index contributed by atoms with van der Waals surface area (Å²) in [5.41, 5.74) is 0.494. The number of rotatable bonds is 4. The molecule has 0 spiro atoms. The fourth-order valence-corrected chi connectivity index (χ4v) is 3.72. The van der Waals surface area contributed by atoms with Gasteiger partial charge in [0.2, 0.25) is 0 Å². The van der Waals surface area contributed by atoms with Crippen molar-refractivity contribution in [1.82, 2.24) is 10.2 Å². The van der Waals surface area contributed by atoms with E-state index in [4.69, 9.17) is 0 Å². The van der Waals surface area contributed by atoms with Gasteiger partial charge in [-0.05, 0) is 37.8 Å². The minimum absolute atomic E-state index is 0.578. The highest BCUT2D eigenvalue weighted by Gasteiger charge is 2.42. The van der Waals surface area contributed by atoms with Gasteiger partial charge in [-0.15, -0.1) is 0 Å². The molecule has 3 atom stereocenters. The van der Waals surface area contributed by atoms with E-state index in [1.54, 1.807) is 0 Å². The van der Waals surface area contributed by atoms with Crippen LogP contribution in [-0.4, -0.2) is 31.1 Å². The molecule has 3 rings (SSSR count). The zero-order chi connectivity index (χ0) is 13.3. The predicted molar refractivity (Wildman–Crippen MR) is 75.5 cm³/mol. The Morgan fingerprint density at radius 1 is 1.37 bits per heavy atom. The maximum atomic E-state index is 9.72. The lowest BCUT2D eigenvalue weighted by molar-refractivity contribution is 0.172. The second-order valence-corrected chi connectivity index (χ2v) is 5.90. The van der Waals surface area contributed by atoms with Crippen molar-refractivity contribution in [3.63, 3.8) is 0 Å². The van der Waals surface area contributed by atoms with E-state index in [1.165, 1.54) is 25.8 Å². The smallest absolute Gasteiger partial charge is 0.144 e. The van der Waals surface area contributed by atoms with Crippen LogP contribution in [0.25, 0.3) is 0 Å². The van der Waals surface area contributed by atoms with Crippen LogP contribution in [0.3, 0.4) is 0 Å². The average molecular weight is 255 g/mol. The first-order valence-corrected chi connectivity index (χ1v) is 7.17. The molecule has 0 aromatic heterocycles. The fourth-order valence-electron chi connectivity index (χ4n) is 3.72. The van der Waals surface area contributed by atoms with Gasteiger partial charge in [-0.3, -0.25) is 10.2 Å². The second-order valence-electron chi connectivity index (χ2n) is 5.90. The molecule has 19 heavy (non-hydrogen) atoms. The van der Waals surface area contributed by atoms with Crippen LogP contribution in [0.1, 0.15) is 24.8 Å². The SMILES string of the molecule is CNC(C#N)(CN1CC2CCC1C2)c1ccccc1. The Morgan fingerprint density at radius 3 is 2.68 bits per heavy atom. The summed E-state index contributed by atoms with van der Waals surface area (Å²) in [5, 5.41) is 13.0. The number of hydrogen-bond acceptors (Lipinski definition) is 3. The van der Waals surface area contributed by atoms with Crippen molar-refractivity contribution >= 4 is 0 Å². The van der Waals surface area contributed by atoms with Gasteiger partial charge in [0.25, 0.3) is 0 Å². The molecule has 3 nitrogen and oxygen atoms in total. The molecule has 2 fully saturated rings. The van der Waals surface area contributed by atoms with Gasteiger partial charge in [0.15, 0.2) is 0 Å². The third-order valence-electron chi connectivity index (χ3n) is 4.85. The topological polar surface area (TPSA) is 39.1 Å². The molecule has 1 aromatic carbocycles. The summed E-state index contributed by atoms with van der Waals surface area (Å²) in [5.74, 6) is 0.869. The van der Waals surface area contributed by atoms with E-state index >= 15 is 0 Å². The van der Waals surface area contributed by atoms with Crippen molar-refractivity contribution in [2.24, 2.45) is 5.92 Å². The molecule has 1 saturated heterocycles. The van der Waals surface area contributed by atoms with E-state index in [-0.39, 0.29) is 0 Å². The molecule has 1 aliphatic heterocycles. The van der Waals surface area contributed by atoms with Crippen LogP contribution in [0.15, 0.2) is 30.3 Å². The van der Waals surface area contributed by atoms with E-state index in [9.17, 15) is 5.26 Å². The molecule has 2 aliphatic rings. The van der Waals surface area contributed by atoms with Crippen LogP contribution in [-0.2, 0) is 5.54 Å². The molecule has 0 radical (unpaired) electrons. The van der Waals surface area contributed by atoms with Crippen molar-refractivity contribution in [3.8, 4) is 6.07 Å². The lowest BCUT2D eigenvalue weighted by Gasteiger charge is -2.35. The third kappa shape index (κ3) is 2.16. The molecule has 1 heterocycles. The Hall–Kier alpha value is -1.37. The molecule has 3 unspecified atom stereocenters. The van der Waals surface area contributed by atoms with Crippen LogP contribution in [0.2, 0.25) is 0 Å². The van der Waals surface area contributed by atoms with E-state index in [2.05, 4.69) is 16.3 Å². The minimum atomic E-state index is -0.578. The lowest BCUT2D eigenvalue weighted by atomic mass is 9.90. The number of nitrogens with zero attached hydrogens (tertiary/aromatic N) is 2. The molecule has 1 saturated carbocycles.